The highest BCUT2D eigenvalue weighted by Gasteiger charge is 2.32. The number of rotatable bonds is 5. The second-order valence-corrected chi connectivity index (χ2v) is 7.26. The summed E-state index contributed by atoms with van der Waals surface area (Å²) < 4.78 is 6.09. The second kappa shape index (κ2) is 8.03. The molecule has 1 heterocycles. The van der Waals surface area contributed by atoms with Gasteiger partial charge in [-0.25, -0.2) is 0 Å². The Morgan fingerprint density at radius 3 is 2.36 bits per heavy atom. The zero-order valence-corrected chi connectivity index (χ0v) is 14.9. The minimum atomic E-state index is 0.531. The van der Waals surface area contributed by atoms with Crippen molar-refractivity contribution in [2.24, 2.45) is 5.92 Å². The van der Waals surface area contributed by atoms with Crippen molar-refractivity contribution in [3.05, 3.63) is 60.2 Å². The molecule has 3 nitrogen and oxygen atoms in total. The molecule has 132 valence electrons. The van der Waals surface area contributed by atoms with Crippen LogP contribution in [0.15, 0.2) is 54.6 Å². The van der Waals surface area contributed by atoms with Gasteiger partial charge in [0.05, 0.1) is 0 Å². The third-order valence-corrected chi connectivity index (χ3v) is 5.57. The first kappa shape index (κ1) is 16.6. The Morgan fingerprint density at radius 1 is 0.880 bits per heavy atom. The van der Waals surface area contributed by atoms with Gasteiger partial charge in [-0.1, -0.05) is 43.2 Å². The van der Waals surface area contributed by atoms with Gasteiger partial charge in [0.25, 0.3) is 0 Å². The third kappa shape index (κ3) is 4.05. The Labute approximate surface area is 151 Å². The molecule has 2 aliphatic rings. The lowest BCUT2D eigenvalue weighted by Gasteiger charge is -2.38. The van der Waals surface area contributed by atoms with E-state index < -0.39 is 0 Å². The summed E-state index contributed by atoms with van der Waals surface area (Å²) in [7, 11) is 0. The standard InChI is InChI=1S/C22H28N2O/c1-2-10-20(11-3-1)25-21-12-6-9-19(17-21)22(18-7-4-5-8-18)24-15-13-23-14-16-24/h1-3,6,9-12,17-18,22-23H,4-5,7-8,13-16H2/t22-/m0/s1. The van der Waals surface area contributed by atoms with E-state index in [-0.39, 0.29) is 0 Å². The monoisotopic (exact) mass is 336 g/mol. The zero-order valence-electron chi connectivity index (χ0n) is 14.9. The molecule has 0 amide bonds. The normalized spacial score (nSPS) is 20.5. The first-order valence-corrected chi connectivity index (χ1v) is 9.68. The molecule has 1 atom stereocenters. The van der Waals surface area contributed by atoms with Gasteiger partial charge < -0.3 is 10.1 Å². The Balaban J connectivity index is 1.58. The van der Waals surface area contributed by atoms with E-state index in [9.17, 15) is 0 Å². The van der Waals surface area contributed by atoms with Crippen molar-refractivity contribution in [1.82, 2.24) is 10.2 Å². The summed E-state index contributed by atoms with van der Waals surface area (Å²) >= 11 is 0. The summed E-state index contributed by atoms with van der Waals surface area (Å²) in [6.07, 6.45) is 5.48. The Bertz CT molecular complexity index is 661. The summed E-state index contributed by atoms with van der Waals surface area (Å²) in [6.45, 7) is 4.49. The molecule has 2 fully saturated rings. The largest absolute Gasteiger partial charge is 0.457 e. The maximum atomic E-state index is 6.09. The van der Waals surface area contributed by atoms with E-state index in [1.54, 1.807) is 0 Å². The van der Waals surface area contributed by atoms with Crippen LogP contribution in [0.4, 0.5) is 0 Å². The van der Waals surface area contributed by atoms with Gasteiger partial charge in [-0.2, -0.15) is 0 Å². The average Bonchev–Trinajstić information content (AvgIpc) is 3.18. The molecule has 1 saturated heterocycles. The van der Waals surface area contributed by atoms with Gasteiger partial charge in [-0.05, 0) is 48.6 Å². The first-order chi connectivity index (χ1) is 12.4. The molecule has 4 rings (SSSR count). The summed E-state index contributed by atoms with van der Waals surface area (Å²) in [4.78, 5) is 2.69. The molecule has 0 spiro atoms. The Kier molecular flexibility index (Phi) is 5.34. The van der Waals surface area contributed by atoms with Crippen LogP contribution in [0.1, 0.15) is 37.3 Å². The molecule has 0 bridgehead atoms. The van der Waals surface area contributed by atoms with Crippen LogP contribution in [0.25, 0.3) is 0 Å². The number of hydrogen-bond donors (Lipinski definition) is 1. The second-order valence-electron chi connectivity index (χ2n) is 7.26. The predicted octanol–water partition coefficient (Wildman–Crippen LogP) is 4.62. The fourth-order valence-corrected chi connectivity index (χ4v) is 4.40. The number of hydrogen-bond acceptors (Lipinski definition) is 3. The summed E-state index contributed by atoms with van der Waals surface area (Å²) in [6, 6.07) is 19.4. The van der Waals surface area contributed by atoms with Crippen molar-refractivity contribution >= 4 is 0 Å². The van der Waals surface area contributed by atoms with Crippen LogP contribution >= 0.6 is 0 Å². The molecule has 1 saturated carbocycles. The highest BCUT2D eigenvalue weighted by atomic mass is 16.5. The molecular formula is C22H28N2O. The van der Waals surface area contributed by atoms with Crippen LogP contribution < -0.4 is 10.1 Å². The van der Waals surface area contributed by atoms with Gasteiger partial charge >= 0.3 is 0 Å². The number of nitrogens with one attached hydrogen (secondary N) is 1. The molecule has 2 aromatic rings. The SMILES string of the molecule is c1ccc(Oc2cccc([C@H](C3CCCC3)N3CCNCC3)c2)cc1. The number of piperazine rings is 1. The molecule has 1 aliphatic heterocycles. The smallest absolute Gasteiger partial charge is 0.127 e. The highest BCUT2D eigenvalue weighted by molar-refractivity contribution is 5.35. The molecular weight excluding hydrogens is 308 g/mol. The number of ether oxygens (including phenoxy) is 1. The fraction of sp³-hybridized carbons (Fsp3) is 0.455. The summed E-state index contributed by atoms with van der Waals surface area (Å²) in [5.41, 5.74) is 1.42. The molecule has 1 N–H and O–H groups in total. The average molecular weight is 336 g/mol. The minimum Gasteiger partial charge on any atom is -0.457 e. The van der Waals surface area contributed by atoms with Gasteiger partial charge in [-0.3, -0.25) is 4.90 Å². The van der Waals surface area contributed by atoms with Crippen molar-refractivity contribution in [2.45, 2.75) is 31.7 Å². The van der Waals surface area contributed by atoms with Crippen molar-refractivity contribution in [3.8, 4) is 11.5 Å². The Hall–Kier alpha value is -1.84. The molecule has 0 aromatic heterocycles. The van der Waals surface area contributed by atoms with E-state index in [0.717, 1.165) is 43.6 Å². The van der Waals surface area contributed by atoms with Gasteiger partial charge in [0, 0.05) is 32.2 Å². The van der Waals surface area contributed by atoms with E-state index in [1.807, 2.05) is 30.3 Å². The van der Waals surface area contributed by atoms with Crippen LogP contribution in [-0.4, -0.2) is 31.1 Å². The fourth-order valence-electron chi connectivity index (χ4n) is 4.40. The van der Waals surface area contributed by atoms with Crippen LogP contribution in [0.3, 0.4) is 0 Å². The lowest BCUT2D eigenvalue weighted by atomic mass is 9.89. The lowest BCUT2D eigenvalue weighted by molar-refractivity contribution is 0.125. The highest BCUT2D eigenvalue weighted by Crippen LogP contribution is 2.40. The van der Waals surface area contributed by atoms with Crippen molar-refractivity contribution in [1.29, 1.82) is 0 Å². The number of nitrogens with zero attached hydrogens (tertiary/aromatic N) is 1. The maximum absolute atomic E-state index is 6.09. The van der Waals surface area contributed by atoms with Crippen LogP contribution in [0.2, 0.25) is 0 Å². The van der Waals surface area contributed by atoms with Gasteiger partial charge in [-0.15, -0.1) is 0 Å². The lowest BCUT2D eigenvalue weighted by Crippen LogP contribution is -2.46. The van der Waals surface area contributed by atoms with Crippen LogP contribution in [0, 0.1) is 5.92 Å². The van der Waals surface area contributed by atoms with Crippen molar-refractivity contribution in [2.75, 3.05) is 26.2 Å². The first-order valence-electron chi connectivity index (χ1n) is 9.68. The van der Waals surface area contributed by atoms with E-state index in [1.165, 1.54) is 31.2 Å². The predicted molar refractivity (Wildman–Crippen MR) is 102 cm³/mol. The van der Waals surface area contributed by atoms with Gasteiger partial charge in [0.2, 0.25) is 0 Å². The van der Waals surface area contributed by atoms with Gasteiger partial charge in [0.15, 0.2) is 0 Å². The molecule has 2 aromatic carbocycles. The summed E-state index contributed by atoms with van der Waals surface area (Å²) in [5, 5.41) is 3.49. The van der Waals surface area contributed by atoms with E-state index in [4.69, 9.17) is 4.74 Å². The molecule has 3 heteroatoms. The van der Waals surface area contributed by atoms with Gasteiger partial charge in [0.1, 0.15) is 11.5 Å². The van der Waals surface area contributed by atoms with E-state index in [2.05, 4.69) is 34.5 Å². The quantitative estimate of drug-likeness (QED) is 0.862. The number of benzene rings is 2. The van der Waals surface area contributed by atoms with Crippen LogP contribution in [-0.2, 0) is 0 Å². The van der Waals surface area contributed by atoms with Crippen molar-refractivity contribution in [3.63, 3.8) is 0 Å². The van der Waals surface area contributed by atoms with E-state index >= 15 is 0 Å². The molecule has 1 aliphatic carbocycles. The molecule has 0 unspecified atom stereocenters. The third-order valence-electron chi connectivity index (χ3n) is 5.57. The van der Waals surface area contributed by atoms with E-state index in [0.29, 0.717) is 6.04 Å². The molecule has 0 radical (unpaired) electrons. The summed E-state index contributed by atoms with van der Waals surface area (Å²) in [5.74, 6) is 2.63. The zero-order chi connectivity index (χ0) is 16.9. The number of para-hydroxylation sites is 1. The van der Waals surface area contributed by atoms with Crippen molar-refractivity contribution < 1.29 is 4.74 Å². The Morgan fingerprint density at radius 2 is 1.60 bits per heavy atom. The minimum absolute atomic E-state index is 0.531. The van der Waals surface area contributed by atoms with Crippen LogP contribution in [0.5, 0.6) is 11.5 Å². The molecule has 25 heavy (non-hydrogen) atoms. The topological polar surface area (TPSA) is 24.5 Å². The maximum Gasteiger partial charge on any atom is 0.127 e.